The van der Waals surface area contributed by atoms with Gasteiger partial charge in [0.05, 0.1) is 5.71 Å². The molecular weight excluding hydrogens is 242 g/mol. The van der Waals surface area contributed by atoms with E-state index in [4.69, 9.17) is 4.84 Å². The van der Waals surface area contributed by atoms with Crippen molar-refractivity contribution in [2.45, 2.75) is 45.6 Å². The summed E-state index contributed by atoms with van der Waals surface area (Å²) in [6, 6.07) is 0. The van der Waals surface area contributed by atoms with Crippen LogP contribution in [0.3, 0.4) is 0 Å². The third-order valence-electron chi connectivity index (χ3n) is 3.99. The molecule has 2 aliphatic rings. The van der Waals surface area contributed by atoms with Gasteiger partial charge in [0.25, 0.3) is 5.91 Å². The number of likely N-dealkylation sites (N-methyl/N-ethyl adjacent to an activating group) is 1. The van der Waals surface area contributed by atoms with E-state index in [9.17, 15) is 4.79 Å². The molecule has 5 nitrogen and oxygen atoms in total. The standard InChI is InChI=1S/C14H25N3O2/c1-3-12-11-13(19-15-12)14(18)17(4-2)10-9-16-7-5-6-8-16/h13H,3-11H2,1-2H3. The molecule has 0 saturated carbocycles. The maximum absolute atomic E-state index is 12.4. The smallest absolute Gasteiger partial charge is 0.266 e. The summed E-state index contributed by atoms with van der Waals surface area (Å²) < 4.78 is 0. The molecule has 108 valence electrons. The molecular formula is C14H25N3O2. The highest BCUT2D eigenvalue weighted by molar-refractivity contribution is 5.92. The molecule has 0 radical (unpaired) electrons. The number of rotatable bonds is 6. The van der Waals surface area contributed by atoms with Crippen molar-refractivity contribution >= 4 is 11.6 Å². The minimum atomic E-state index is -0.381. The average Bonchev–Trinajstić information content (AvgIpc) is 3.10. The summed E-state index contributed by atoms with van der Waals surface area (Å²) in [7, 11) is 0. The number of hydrogen-bond acceptors (Lipinski definition) is 4. The number of likely N-dealkylation sites (tertiary alicyclic amines) is 1. The van der Waals surface area contributed by atoms with Gasteiger partial charge in [0.1, 0.15) is 0 Å². The van der Waals surface area contributed by atoms with Gasteiger partial charge >= 0.3 is 0 Å². The van der Waals surface area contributed by atoms with Crippen molar-refractivity contribution in [2.75, 3.05) is 32.7 Å². The second-order valence-electron chi connectivity index (χ2n) is 5.28. The van der Waals surface area contributed by atoms with Crippen LogP contribution < -0.4 is 0 Å². The Morgan fingerprint density at radius 1 is 1.42 bits per heavy atom. The van der Waals surface area contributed by atoms with E-state index in [1.54, 1.807) is 0 Å². The van der Waals surface area contributed by atoms with Crippen molar-refractivity contribution in [2.24, 2.45) is 5.16 Å². The fraction of sp³-hybridized carbons (Fsp3) is 0.857. The molecule has 2 aliphatic heterocycles. The number of carbonyl (C=O) groups is 1. The number of nitrogens with zero attached hydrogens (tertiary/aromatic N) is 3. The van der Waals surface area contributed by atoms with Gasteiger partial charge in [-0.15, -0.1) is 0 Å². The SMILES string of the molecule is CCC1=NOC(C(=O)N(CC)CCN2CCCC2)C1. The lowest BCUT2D eigenvalue weighted by Crippen LogP contribution is -2.43. The van der Waals surface area contributed by atoms with Crippen LogP contribution in [-0.4, -0.2) is 60.2 Å². The number of amides is 1. The Bertz CT molecular complexity index is 338. The van der Waals surface area contributed by atoms with E-state index in [1.807, 2.05) is 18.7 Å². The van der Waals surface area contributed by atoms with Gasteiger partial charge in [-0.1, -0.05) is 12.1 Å². The third kappa shape index (κ3) is 3.69. The Morgan fingerprint density at radius 2 is 2.16 bits per heavy atom. The van der Waals surface area contributed by atoms with Crippen LogP contribution in [0, 0.1) is 0 Å². The van der Waals surface area contributed by atoms with E-state index in [1.165, 1.54) is 25.9 Å². The molecule has 0 aromatic heterocycles. The molecule has 0 aliphatic carbocycles. The lowest BCUT2D eigenvalue weighted by atomic mass is 10.1. The first-order valence-corrected chi connectivity index (χ1v) is 7.47. The number of carbonyl (C=O) groups excluding carboxylic acids is 1. The monoisotopic (exact) mass is 267 g/mol. The Labute approximate surface area is 115 Å². The van der Waals surface area contributed by atoms with Crippen molar-refractivity contribution in [1.29, 1.82) is 0 Å². The molecule has 2 rings (SSSR count). The quantitative estimate of drug-likeness (QED) is 0.732. The van der Waals surface area contributed by atoms with E-state index in [0.717, 1.165) is 31.8 Å². The molecule has 0 bridgehead atoms. The molecule has 0 spiro atoms. The van der Waals surface area contributed by atoms with E-state index in [-0.39, 0.29) is 12.0 Å². The topological polar surface area (TPSA) is 45.1 Å². The Kier molecular flexibility index (Phi) is 5.19. The summed E-state index contributed by atoms with van der Waals surface area (Å²) in [5.41, 5.74) is 0.994. The first kappa shape index (κ1) is 14.3. The molecule has 1 amide bonds. The van der Waals surface area contributed by atoms with Crippen LogP contribution in [0.2, 0.25) is 0 Å². The minimum absolute atomic E-state index is 0.0916. The molecule has 19 heavy (non-hydrogen) atoms. The summed E-state index contributed by atoms with van der Waals surface area (Å²) >= 11 is 0. The van der Waals surface area contributed by atoms with Gasteiger partial charge < -0.3 is 14.6 Å². The molecule has 1 atom stereocenters. The average molecular weight is 267 g/mol. The molecule has 0 N–H and O–H groups in total. The number of oxime groups is 1. The molecule has 0 aromatic carbocycles. The first-order valence-electron chi connectivity index (χ1n) is 7.47. The van der Waals surface area contributed by atoms with Crippen molar-refractivity contribution < 1.29 is 9.63 Å². The van der Waals surface area contributed by atoms with Crippen LogP contribution in [0.5, 0.6) is 0 Å². The van der Waals surface area contributed by atoms with Crippen molar-refractivity contribution in [3.63, 3.8) is 0 Å². The zero-order chi connectivity index (χ0) is 13.7. The number of hydrogen-bond donors (Lipinski definition) is 0. The van der Waals surface area contributed by atoms with Gasteiger partial charge in [-0.3, -0.25) is 4.79 Å². The van der Waals surface area contributed by atoms with Gasteiger partial charge in [0.15, 0.2) is 0 Å². The largest absolute Gasteiger partial charge is 0.382 e. The molecule has 1 fully saturated rings. The Morgan fingerprint density at radius 3 is 2.74 bits per heavy atom. The van der Waals surface area contributed by atoms with E-state index in [0.29, 0.717) is 6.42 Å². The van der Waals surface area contributed by atoms with E-state index in [2.05, 4.69) is 10.1 Å². The van der Waals surface area contributed by atoms with Crippen LogP contribution in [0.4, 0.5) is 0 Å². The highest BCUT2D eigenvalue weighted by Crippen LogP contribution is 2.15. The predicted molar refractivity (Wildman–Crippen MR) is 75.1 cm³/mol. The van der Waals surface area contributed by atoms with Crippen LogP contribution >= 0.6 is 0 Å². The third-order valence-corrected chi connectivity index (χ3v) is 3.99. The summed E-state index contributed by atoms with van der Waals surface area (Å²) in [6.45, 7) is 8.94. The van der Waals surface area contributed by atoms with Gasteiger partial charge in [-0.2, -0.15) is 0 Å². The summed E-state index contributed by atoms with van der Waals surface area (Å²) in [5.74, 6) is 0.0916. The van der Waals surface area contributed by atoms with Crippen molar-refractivity contribution in [3.05, 3.63) is 0 Å². The maximum Gasteiger partial charge on any atom is 0.266 e. The molecule has 0 aromatic rings. The molecule has 1 saturated heterocycles. The molecule has 5 heteroatoms. The fourth-order valence-corrected chi connectivity index (χ4v) is 2.66. The Balaban J connectivity index is 1.78. The minimum Gasteiger partial charge on any atom is -0.382 e. The first-order chi connectivity index (χ1) is 9.24. The van der Waals surface area contributed by atoms with Crippen LogP contribution in [0.1, 0.15) is 39.5 Å². The summed E-state index contributed by atoms with van der Waals surface area (Å²) in [4.78, 5) is 21.9. The zero-order valence-electron chi connectivity index (χ0n) is 12.1. The van der Waals surface area contributed by atoms with Gasteiger partial charge in [-0.05, 0) is 39.3 Å². The van der Waals surface area contributed by atoms with Crippen LogP contribution in [-0.2, 0) is 9.63 Å². The Hall–Kier alpha value is -1.10. The molecule has 1 unspecified atom stereocenters. The van der Waals surface area contributed by atoms with Crippen LogP contribution in [0.25, 0.3) is 0 Å². The zero-order valence-corrected chi connectivity index (χ0v) is 12.1. The summed E-state index contributed by atoms with van der Waals surface area (Å²) in [5, 5.41) is 3.97. The highest BCUT2D eigenvalue weighted by Gasteiger charge is 2.30. The fourth-order valence-electron chi connectivity index (χ4n) is 2.66. The van der Waals surface area contributed by atoms with E-state index < -0.39 is 0 Å². The predicted octanol–water partition coefficient (Wildman–Crippen LogP) is 1.49. The second-order valence-corrected chi connectivity index (χ2v) is 5.28. The lowest BCUT2D eigenvalue weighted by Gasteiger charge is -2.25. The van der Waals surface area contributed by atoms with Crippen molar-refractivity contribution in [3.8, 4) is 0 Å². The normalized spacial score (nSPS) is 23.3. The second kappa shape index (κ2) is 6.89. The van der Waals surface area contributed by atoms with Gasteiger partial charge in [0.2, 0.25) is 6.10 Å². The molecule has 2 heterocycles. The van der Waals surface area contributed by atoms with Crippen LogP contribution in [0.15, 0.2) is 5.16 Å². The van der Waals surface area contributed by atoms with Crippen molar-refractivity contribution in [1.82, 2.24) is 9.80 Å². The summed E-state index contributed by atoms with van der Waals surface area (Å²) in [6.07, 6.45) is 3.73. The maximum atomic E-state index is 12.4. The van der Waals surface area contributed by atoms with E-state index >= 15 is 0 Å². The van der Waals surface area contributed by atoms with Gasteiger partial charge in [-0.25, -0.2) is 0 Å². The van der Waals surface area contributed by atoms with Gasteiger partial charge in [0, 0.05) is 26.1 Å². The highest BCUT2D eigenvalue weighted by atomic mass is 16.6. The lowest BCUT2D eigenvalue weighted by molar-refractivity contribution is -0.142.